The zero-order valence-corrected chi connectivity index (χ0v) is 10.1. The predicted octanol–water partition coefficient (Wildman–Crippen LogP) is 1.70. The molecule has 0 saturated carbocycles. The van der Waals surface area contributed by atoms with Crippen molar-refractivity contribution in [2.24, 2.45) is 0 Å². The highest BCUT2D eigenvalue weighted by atomic mass is 32.1. The van der Waals surface area contributed by atoms with Crippen LogP contribution in [0.3, 0.4) is 0 Å². The first kappa shape index (κ1) is 13.2. The monoisotopic (exact) mass is 222 g/mol. The smallest absolute Gasteiger partial charge is 0.360 e. The van der Waals surface area contributed by atoms with Gasteiger partial charge in [0.05, 0.1) is 6.61 Å². The van der Waals surface area contributed by atoms with Crippen LogP contribution in [0.2, 0.25) is 6.04 Å². The van der Waals surface area contributed by atoms with Gasteiger partial charge in [0.15, 0.2) is 0 Å². The number of hydrogen-bond acceptors (Lipinski definition) is 4. The molecule has 1 atom stereocenters. The molecular formula is C8H18O3SSi. The molecule has 0 rings (SSSR count). The van der Waals surface area contributed by atoms with Crippen molar-refractivity contribution in [3.63, 3.8) is 0 Å². The third kappa shape index (κ3) is 8.52. The van der Waals surface area contributed by atoms with Crippen LogP contribution in [0.4, 0.5) is 0 Å². The zero-order valence-electron chi connectivity index (χ0n) is 8.07. The Morgan fingerprint density at radius 1 is 1.54 bits per heavy atom. The van der Waals surface area contributed by atoms with Gasteiger partial charge in [-0.25, -0.2) is 4.89 Å². The Kier molecular flexibility index (Phi) is 10.4. The molecule has 78 valence electrons. The fraction of sp³-hybridized carbons (Fsp3) is 0.750. The van der Waals surface area contributed by atoms with Gasteiger partial charge in [-0.05, 0) is 25.1 Å². The highest BCUT2D eigenvalue weighted by Gasteiger charge is 2.12. The third-order valence-electron chi connectivity index (χ3n) is 1.31. The van der Waals surface area contributed by atoms with E-state index >= 15 is 0 Å². The first-order chi connectivity index (χ1) is 6.35. The third-order valence-corrected chi connectivity index (χ3v) is 3.56. The Balaban J connectivity index is 3.46. The molecule has 5 heteroatoms. The van der Waals surface area contributed by atoms with Gasteiger partial charge in [-0.3, -0.25) is 4.58 Å². The summed E-state index contributed by atoms with van der Waals surface area (Å²) < 4.78 is 10.6. The second-order valence-corrected chi connectivity index (χ2v) is 4.83. The first-order valence-corrected chi connectivity index (χ1v) is 6.86. The average molecular weight is 222 g/mol. The van der Waals surface area contributed by atoms with Crippen LogP contribution < -0.4 is 0 Å². The molecule has 1 unspecified atom stereocenters. The molecule has 0 aromatic heterocycles. The van der Waals surface area contributed by atoms with Gasteiger partial charge in [0.2, 0.25) is 0 Å². The number of hydrogen-bond donors (Lipinski definition) is 1. The summed E-state index contributed by atoms with van der Waals surface area (Å²) in [5, 5.41) is 0. The van der Waals surface area contributed by atoms with E-state index in [9.17, 15) is 0 Å². The van der Waals surface area contributed by atoms with Crippen molar-refractivity contribution in [2.45, 2.75) is 19.4 Å². The fourth-order valence-corrected chi connectivity index (χ4v) is 2.75. The highest BCUT2D eigenvalue weighted by molar-refractivity contribution is 7.80. The Morgan fingerprint density at radius 3 is 2.85 bits per heavy atom. The van der Waals surface area contributed by atoms with Crippen LogP contribution in [0.25, 0.3) is 0 Å². The van der Waals surface area contributed by atoms with Gasteiger partial charge in [-0.1, -0.05) is 6.08 Å². The standard InChI is InChI=1S/C8H18O3SSi/c1-3-6-9-11-13(10-4-2)8-5-7-12/h3,12-13H,1,4-8H2,2H3. The molecule has 0 fully saturated rings. The van der Waals surface area contributed by atoms with Crippen molar-refractivity contribution in [3.05, 3.63) is 12.7 Å². The molecule has 3 nitrogen and oxygen atoms in total. The van der Waals surface area contributed by atoms with E-state index in [-0.39, 0.29) is 0 Å². The Morgan fingerprint density at radius 2 is 2.31 bits per heavy atom. The predicted molar refractivity (Wildman–Crippen MR) is 59.3 cm³/mol. The number of rotatable bonds is 9. The molecule has 0 aliphatic rings. The minimum atomic E-state index is -1.60. The first-order valence-electron chi connectivity index (χ1n) is 4.46. The Labute approximate surface area is 87.3 Å². The van der Waals surface area contributed by atoms with Gasteiger partial charge >= 0.3 is 9.28 Å². The van der Waals surface area contributed by atoms with Gasteiger partial charge in [0.25, 0.3) is 0 Å². The maximum atomic E-state index is 5.41. The summed E-state index contributed by atoms with van der Waals surface area (Å²) in [7, 11) is -1.60. The lowest BCUT2D eigenvalue weighted by Crippen LogP contribution is -2.23. The lowest BCUT2D eigenvalue weighted by molar-refractivity contribution is -0.215. The Bertz CT molecular complexity index is 124. The molecule has 0 bridgehead atoms. The molecule has 0 aliphatic heterocycles. The van der Waals surface area contributed by atoms with Crippen molar-refractivity contribution < 1.29 is 13.9 Å². The second-order valence-electron chi connectivity index (χ2n) is 2.42. The van der Waals surface area contributed by atoms with E-state index in [1.54, 1.807) is 6.08 Å². The van der Waals surface area contributed by atoms with E-state index < -0.39 is 9.28 Å². The van der Waals surface area contributed by atoms with E-state index in [1.807, 2.05) is 6.92 Å². The van der Waals surface area contributed by atoms with E-state index in [1.165, 1.54) is 0 Å². The molecule has 0 aromatic rings. The molecule has 0 N–H and O–H groups in total. The van der Waals surface area contributed by atoms with E-state index in [4.69, 9.17) is 13.9 Å². The summed E-state index contributed by atoms with van der Waals surface area (Å²) >= 11 is 4.13. The minimum Gasteiger partial charge on any atom is -0.395 e. The van der Waals surface area contributed by atoms with Crippen molar-refractivity contribution in [1.82, 2.24) is 0 Å². The van der Waals surface area contributed by atoms with Crippen molar-refractivity contribution in [3.8, 4) is 0 Å². The van der Waals surface area contributed by atoms with Crippen LogP contribution >= 0.6 is 12.6 Å². The molecule has 0 aromatic carbocycles. The van der Waals surface area contributed by atoms with Crippen molar-refractivity contribution in [2.75, 3.05) is 19.0 Å². The summed E-state index contributed by atoms with van der Waals surface area (Å²) in [6.07, 6.45) is 2.66. The van der Waals surface area contributed by atoms with E-state index in [2.05, 4.69) is 19.2 Å². The van der Waals surface area contributed by atoms with Crippen LogP contribution in [0.1, 0.15) is 13.3 Å². The molecule has 0 spiro atoms. The lowest BCUT2D eigenvalue weighted by atomic mass is 10.6. The maximum absolute atomic E-state index is 5.41. The van der Waals surface area contributed by atoms with Crippen LogP contribution in [-0.2, 0) is 13.9 Å². The van der Waals surface area contributed by atoms with Crippen molar-refractivity contribution in [1.29, 1.82) is 0 Å². The van der Waals surface area contributed by atoms with Gasteiger partial charge in [0.1, 0.15) is 0 Å². The quantitative estimate of drug-likeness (QED) is 0.161. The molecule has 0 amide bonds. The summed E-state index contributed by atoms with van der Waals surface area (Å²) in [6.45, 7) is 6.57. The maximum Gasteiger partial charge on any atom is 0.360 e. The normalized spacial score (nSPS) is 12.8. The van der Waals surface area contributed by atoms with Crippen LogP contribution in [0.15, 0.2) is 12.7 Å². The molecular weight excluding hydrogens is 204 g/mol. The summed E-state index contributed by atoms with van der Waals surface area (Å²) in [5.41, 5.74) is 0. The molecule has 0 heterocycles. The van der Waals surface area contributed by atoms with Gasteiger partial charge in [-0.15, -0.1) is 6.58 Å². The Hall–Kier alpha value is 0.187. The molecule has 0 radical (unpaired) electrons. The highest BCUT2D eigenvalue weighted by Crippen LogP contribution is 2.03. The largest absolute Gasteiger partial charge is 0.395 e. The minimum absolute atomic E-state index is 0.414. The van der Waals surface area contributed by atoms with E-state index in [0.717, 1.165) is 18.2 Å². The summed E-state index contributed by atoms with van der Waals surface area (Å²) in [4.78, 5) is 4.89. The molecule has 0 aliphatic carbocycles. The molecule has 13 heavy (non-hydrogen) atoms. The van der Waals surface area contributed by atoms with E-state index in [0.29, 0.717) is 13.2 Å². The van der Waals surface area contributed by atoms with Crippen LogP contribution in [-0.4, -0.2) is 28.3 Å². The zero-order chi connectivity index (χ0) is 9.94. The van der Waals surface area contributed by atoms with Gasteiger partial charge in [-0.2, -0.15) is 12.6 Å². The SMILES string of the molecule is C=CCOO[SiH](CCCS)OCC. The fourth-order valence-electron chi connectivity index (χ4n) is 0.766. The van der Waals surface area contributed by atoms with Crippen molar-refractivity contribution >= 4 is 21.9 Å². The average Bonchev–Trinajstić information content (AvgIpc) is 2.14. The van der Waals surface area contributed by atoms with Crippen LogP contribution in [0.5, 0.6) is 0 Å². The van der Waals surface area contributed by atoms with Crippen LogP contribution in [0, 0.1) is 0 Å². The number of thiol groups is 1. The molecule has 0 saturated heterocycles. The second kappa shape index (κ2) is 10.3. The van der Waals surface area contributed by atoms with Gasteiger partial charge < -0.3 is 4.43 Å². The topological polar surface area (TPSA) is 27.7 Å². The van der Waals surface area contributed by atoms with Gasteiger partial charge in [0, 0.05) is 6.61 Å². The lowest BCUT2D eigenvalue weighted by Gasteiger charge is -2.13. The summed E-state index contributed by atoms with van der Waals surface area (Å²) in [5.74, 6) is 0.862. The summed E-state index contributed by atoms with van der Waals surface area (Å²) in [6, 6.07) is 0.939.